The van der Waals surface area contributed by atoms with Gasteiger partial charge in [0.2, 0.25) is 5.91 Å². The van der Waals surface area contributed by atoms with Gasteiger partial charge in [0, 0.05) is 16.4 Å². The number of benzene rings is 1. The molecule has 134 valence electrons. The largest absolute Gasteiger partial charge is 0.325 e. The summed E-state index contributed by atoms with van der Waals surface area (Å²) >= 11 is 7.29. The lowest BCUT2D eigenvalue weighted by molar-refractivity contribution is -0.113. The van der Waals surface area contributed by atoms with Crippen LogP contribution in [-0.2, 0) is 17.6 Å². The lowest BCUT2D eigenvalue weighted by atomic mass is 9.87. The maximum atomic E-state index is 12.3. The van der Waals surface area contributed by atoms with Crippen LogP contribution in [0.3, 0.4) is 0 Å². The van der Waals surface area contributed by atoms with Crippen molar-refractivity contribution in [2.75, 3.05) is 11.1 Å². The van der Waals surface area contributed by atoms with Crippen molar-refractivity contribution in [2.45, 2.75) is 38.1 Å². The first-order chi connectivity index (χ1) is 12.5. The van der Waals surface area contributed by atoms with Crippen LogP contribution >= 0.6 is 23.4 Å². The zero-order valence-corrected chi connectivity index (χ0v) is 16.4. The number of pyridine rings is 1. The molecular formula is C20H20ClN3OS. The number of hydrogen-bond acceptors (Lipinski definition) is 4. The predicted octanol–water partition coefficient (Wildman–Crippen LogP) is 4.77. The molecule has 0 fully saturated rings. The van der Waals surface area contributed by atoms with Crippen LogP contribution in [0.2, 0.25) is 5.02 Å². The smallest absolute Gasteiger partial charge is 0.234 e. The number of carbonyl (C=O) groups is 1. The number of thioether (sulfide) groups is 1. The Bertz CT molecular complexity index is 891. The molecule has 1 atom stereocenters. The molecule has 0 radical (unpaired) electrons. The topological polar surface area (TPSA) is 65.8 Å². The van der Waals surface area contributed by atoms with Gasteiger partial charge in [-0.1, -0.05) is 36.4 Å². The molecule has 1 aliphatic carbocycles. The molecular weight excluding hydrogens is 366 g/mol. The fourth-order valence-electron chi connectivity index (χ4n) is 3.07. The van der Waals surface area contributed by atoms with Crippen molar-refractivity contribution in [3.8, 4) is 6.07 Å². The Labute approximate surface area is 163 Å². The molecule has 1 heterocycles. The third kappa shape index (κ3) is 4.38. The second-order valence-electron chi connectivity index (χ2n) is 6.70. The van der Waals surface area contributed by atoms with Crippen molar-refractivity contribution < 1.29 is 4.79 Å². The number of nitriles is 1. The van der Waals surface area contributed by atoms with E-state index in [-0.39, 0.29) is 11.7 Å². The van der Waals surface area contributed by atoms with Crippen LogP contribution < -0.4 is 5.32 Å². The average Bonchev–Trinajstić information content (AvgIpc) is 2.62. The lowest BCUT2D eigenvalue weighted by Crippen LogP contribution is -2.16. The summed E-state index contributed by atoms with van der Waals surface area (Å²) in [5.41, 5.74) is 4.44. The van der Waals surface area contributed by atoms with Crippen molar-refractivity contribution in [1.29, 1.82) is 5.26 Å². The average molecular weight is 386 g/mol. The van der Waals surface area contributed by atoms with Gasteiger partial charge in [-0.3, -0.25) is 4.79 Å². The summed E-state index contributed by atoms with van der Waals surface area (Å²) < 4.78 is 0. The monoisotopic (exact) mass is 385 g/mol. The summed E-state index contributed by atoms with van der Waals surface area (Å²) in [5.74, 6) is 0.682. The Morgan fingerprint density at radius 2 is 2.27 bits per heavy atom. The minimum atomic E-state index is -0.141. The summed E-state index contributed by atoms with van der Waals surface area (Å²) in [7, 11) is 0. The van der Waals surface area contributed by atoms with Gasteiger partial charge in [0.25, 0.3) is 0 Å². The molecule has 0 saturated heterocycles. The molecule has 1 N–H and O–H groups in total. The van der Waals surface area contributed by atoms with Crippen LogP contribution in [0.25, 0.3) is 0 Å². The van der Waals surface area contributed by atoms with Crippen molar-refractivity contribution in [3.05, 3.63) is 51.7 Å². The normalized spacial score (nSPS) is 15.8. The van der Waals surface area contributed by atoms with Gasteiger partial charge in [-0.05, 0) is 61.4 Å². The van der Waals surface area contributed by atoms with E-state index in [0.29, 0.717) is 27.2 Å². The summed E-state index contributed by atoms with van der Waals surface area (Å²) in [6, 6.07) is 9.55. The number of amides is 1. The molecule has 0 saturated carbocycles. The number of anilines is 1. The fraction of sp³-hybridized carbons (Fsp3) is 0.350. The van der Waals surface area contributed by atoms with E-state index in [1.54, 1.807) is 12.1 Å². The van der Waals surface area contributed by atoms with Crippen molar-refractivity contribution in [2.24, 2.45) is 5.92 Å². The van der Waals surface area contributed by atoms with E-state index in [2.05, 4.69) is 23.3 Å². The Morgan fingerprint density at radius 1 is 1.46 bits per heavy atom. The van der Waals surface area contributed by atoms with E-state index < -0.39 is 0 Å². The SMILES string of the molecule is Cc1ccc(Cl)cc1NC(=O)CSc1nc2c(cc1C#N)CC(C)CC2. The lowest BCUT2D eigenvalue weighted by Gasteiger charge is -2.21. The minimum absolute atomic E-state index is 0.141. The molecule has 26 heavy (non-hydrogen) atoms. The molecule has 0 aliphatic heterocycles. The van der Waals surface area contributed by atoms with Crippen LogP contribution in [-0.4, -0.2) is 16.6 Å². The first-order valence-corrected chi connectivity index (χ1v) is 9.94. The number of carbonyl (C=O) groups excluding carboxylic acids is 1. The van der Waals surface area contributed by atoms with Crippen LogP contribution in [0.15, 0.2) is 29.3 Å². The van der Waals surface area contributed by atoms with E-state index in [1.165, 1.54) is 17.3 Å². The Balaban J connectivity index is 1.70. The third-order valence-electron chi connectivity index (χ3n) is 4.53. The summed E-state index contributed by atoms with van der Waals surface area (Å²) in [5, 5.41) is 13.5. The van der Waals surface area contributed by atoms with Gasteiger partial charge in [-0.15, -0.1) is 0 Å². The molecule has 1 amide bonds. The number of hydrogen-bond donors (Lipinski definition) is 1. The van der Waals surface area contributed by atoms with E-state index in [4.69, 9.17) is 11.6 Å². The molecule has 3 rings (SSSR count). The Kier molecular flexibility index (Phi) is 5.85. The summed E-state index contributed by atoms with van der Waals surface area (Å²) in [4.78, 5) is 17.0. The molecule has 1 aromatic carbocycles. The molecule has 6 heteroatoms. The van der Waals surface area contributed by atoms with Gasteiger partial charge < -0.3 is 5.32 Å². The zero-order valence-electron chi connectivity index (χ0n) is 14.8. The van der Waals surface area contributed by atoms with E-state index in [9.17, 15) is 10.1 Å². The maximum Gasteiger partial charge on any atom is 0.234 e. The molecule has 1 aliphatic rings. The zero-order chi connectivity index (χ0) is 18.7. The first-order valence-electron chi connectivity index (χ1n) is 8.58. The van der Waals surface area contributed by atoms with Gasteiger partial charge in [0.05, 0.1) is 11.3 Å². The highest BCUT2D eigenvalue weighted by Crippen LogP contribution is 2.29. The second-order valence-corrected chi connectivity index (χ2v) is 8.10. The molecule has 0 bridgehead atoms. The van der Waals surface area contributed by atoms with Crippen LogP contribution in [0.4, 0.5) is 5.69 Å². The summed E-state index contributed by atoms with van der Waals surface area (Å²) in [6.45, 7) is 4.14. The number of aromatic nitrogens is 1. The molecule has 2 aromatic rings. The minimum Gasteiger partial charge on any atom is -0.325 e. The standard InChI is InChI=1S/C20H20ClN3OS/c1-12-3-6-17-14(7-12)8-15(10-22)20(24-17)26-11-19(25)23-18-9-16(21)5-4-13(18)2/h4-5,8-9,12H,3,6-7,11H2,1-2H3,(H,23,25). The second kappa shape index (κ2) is 8.11. The maximum absolute atomic E-state index is 12.3. The first kappa shape index (κ1) is 18.8. The van der Waals surface area contributed by atoms with E-state index in [1.807, 2.05) is 19.1 Å². The predicted molar refractivity (Wildman–Crippen MR) is 106 cm³/mol. The highest BCUT2D eigenvalue weighted by atomic mass is 35.5. The highest BCUT2D eigenvalue weighted by molar-refractivity contribution is 8.00. The summed E-state index contributed by atoms with van der Waals surface area (Å²) in [6.07, 6.45) is 3.02. The van der Waals surface area contributed by atoms with E-state index >= 15 is 0 Å². The van der Waals surface area contributed by atoms with Crippen LogP contribution in [0.1, 0.15) is 35.7 Å². The van der Waals surface area contributed by atoms with Crippen molar-refractivity contribution >= 4 is 35.0 Å². The molecule has 0 spiro atoms. The Hall–Kier alpha value is -2.03. The highest BCUT2D eigenvalue weighted by Gasteiger charge is 2.20. The van der Waals surface area contributed by atoms with Gasteiger partial charge in [-0.2, -0.15) is 5.26 Å². The molecule has 1 aromatic heterocycles. The fourth-order valence-corrected chi connectivity index (χ4v) is 4.01. The number of rotatable bonds is 4. The molecule has 4 nitrogen and oxygen atoms in total. The van der Waals surface area contributed by atoms with Gasteiger partial charge >= 0.3 is 0 Å². The number of nitrogens with zero attached hydrogens (tertiary/aromatic N) is 2. The third-order valence-corrected chi connectivity index (χ3v) is 5.76. The Morgan fingerprint density at radius 3 is 3.04 bits per heavy atom. The van der Waals surface area contributed by atoms with Gasteiger partial charge in [0.15, 0.2) is 0 Å². The van der Waals surface area contributed by atoms with Gasteiger partial charge in [0.1, 0.15) is 11.1 Å². The number of nitrogens with one attached hydrogen (secondary N) is 1. The van der Waals surface area contributed by atoms with Crippen LogP contribution in [0, 0.1) is 24.2 Å². The van der Waals surface area contributed by atoms with Crippen molar-refractivity contribution in [3.63, 3.8) is 0 Å². The number of halogens is 1. The van der Waals surface area contributed by atoms with Crippen molar-refractivity contribution in [1.82, 2.24) is 4.98 Å². The number of aryl methyl sites for hydroxylation is 2. The number of fused-ring (bicyclic) bond motifs is 1. The quantitative estimate of drug-likeness (QED) is 0.770. The molecule has 1 unspecified atom stereocenters. The van der Waals surface area contributed by atoms with E-state index in [0.717, 1.165) is 30.5 Å². The van der Waals surface area contributed by atoms with Gasteiger partial charge in [-0.25, -0.2) is 4.98 Å². The van der Waals surface area contributed by atoms with Crippen LogP contribution in [0.5, 0.6) is 0 Å².